The topological polar surface area (TPSA) is 136 Å². The van der Waals surface area contributed by atoms with Crippen molar-refractivity contribution in [1.82, 2.24) is 5.43 Å². The van der Waals surface area contributed by atoms with E-state index in [2.05, 4.69) is 15.8 Å². The zero-order valence-electron chi connectivity index (χ0n) is 21.1. The van der Waals surface area contributed by atoms with E-state index in [-0.39, 0.29) is 12.5 Å². The van der Waals surface area contributed by atoms with Crippen molar-refractivity contribution in [3.8, 4) is 17.2 Å². The molecule has 0 aliphatic heterocycles. The summed E-state index contributed by atoms with van der Waals surface area (Å²) in [7, 11) is -0.699. The van der Waals surface area contributed by atoms with Gasteiger partial charge in [-0.3, -0.25) is 13.9 Å². The highest BCUT2D eigenvalue weighted by atomic mass is 32.2. The first kappa shape index (κ1) is 28.0. The number of nitrogens with one attached hydrogen (secondary N) is 2. The Labute approximate surface area is 221 Å². The third kappa shape index (κ3) is 8.23. The fourth-order valence-electron chi connectivity index (χ4n) is 3.23. The Balaban J connectivity index is 1.50. The van der Waals surface area contributed by atoms with E-state index in [1.54, 1.807) is 72.8 Å². The lowest BCUT2D eigenvalue weighted by Gasteiger charge is -2.21. The normalized spacial score (nSPS) is 11.0. The van der Waals surface area contributed by atoms with E-state index in [4.69, 9.17) is 14.2 Å². The van der Waals surface area contributed by atoms with Gasteiger partial charge in [0.1, 0.15) is 23.8 Å². The molecular formula is C26H28N4O7S. The Kier molecular flexibility index (Phi) is 9.66. The maximum Gasteiger partial charge on any atom is 0.262 e. The Morgan fingerprint density at radius 2 is 1.55 bits per heavy atom. The first-order valence-corrected chi connectivity index (χ1v) is 13.1. The van der Waals surface area contributed by atoms with Gasteiger partial charge in [-0.25, -0.2) is 13.8 Å². The quantitative estimate of drug-likeness (QED) is 0.266. The predicted molar refractivity (Wildman–Crippen MR) is 144 cm³/mol. The molecule has 0 spiro atoms. The van der Waals surface area contributed by atoms with Gasteiger partial charge in [0.15, 0.2) is 6.61 Å². The molecule has 3 aromatic carbocycles. The highest BCUT2D eigenvalue weighted by Crippen LogP contribution is 2.23. The van der Waals surface area contributed by atoms with Crippen molar-refractivity contribution in [3.05, 3.63) is 78.4 Å². The predicted octanol–water partition coefficient (Wildman–Crippen LogP) is 2.64. The standard InChI is InChI=1S/C26H28N4O7S/c1-35-21-14-10-20(11-15-21)30(38(3,33)34)17-25(31)29-27-16-19-8-12-22(13-9-19)37-18-26(32)28-23-6-4-5-7-24(23)36-2/h4-16H,17-18H2,1-3H3,(H,28,32)(H,29,31)/b27-16-. The van der Waals surface area contributed by atoms with Crippen LogP contribution in [0, 0.1) is 0 Å². The fraction of sp³-hybridized carbons (Fsp3) is 0.192. The number of carbonyl (C=O) groups is 2. The number of anilines is 2. The highest BCUT2D eigenvalue weighted by Gasteiger charge is 2.20. The molecule has 3 rings (SSSR count). The molecule has 0 radical (unpaired) electrons. The van der Waals surface area contributed by atoms with Gasteiger partial charge < -0.3 is 19.5 Å². The van der Waals surface area contributed by atoms with Crippen LogP contribution in [-0.4, -0.2) is 60.1 Å². The van der Waals surface area contributed by atoms with E-state index < -0.39 is 22.5 Å². The van der Waals surface area contributed by atoms with Gasteiger partial charge in [0.25, 0.3) is 11.8 Å². The molecule has 0 bridgehead atoms. The highest BCUT2D eigenvalue weighted by molar-refractivity contribution is 7.92. The van der Waals surface area contributed by atoms with Crippen molar-refractivity contribution in [2.75, 3.05) is 43.2 Å². The molecule has 0 atom stereocenters. The van der Waals surface area contributed by atoms with Crippen molar-refractivity contribution in [2.45, 2.75) is 0 Å². The van der Waals surface area contributed by atoms with Gasteiger partial charge in [0.05, 0.1) is 38.1 Å². The summed E-state index contributed by atoms with van der Waals surface area (Å²) in [5.41, 5.74) is 3.82. The lowest BCUT2D eigenvalue weighted by atomic mass is 10.2. The van der Waals surface area contributed by atoms with Crippen molar-refractivity contribution in [2.24, 2.45) is 5.10 Å². The summed E-state index contributed by atoms with van der Waals surface area (Å²) in [6, 6.07) is 20.0. The molecule has 0 aromatic heterocycles. The van der Waals surface area contributed by atoms with Gasteiger partial charge in [-0.1, -0.05) is 12.1 Å². The molecule has 11 nitrogen and oxygen atoms in total. The molecule has 2 N–H and O–H groups in total. The molecular weight excluding hydrogens is 512 g/mol. The second-order valence-electron chi connectivity index (χ2n) is 7.87. The number of nitrogens with zero attached hydrogens (tertiary/aromatic N) is 2. The summed E-state index contributed by atoms with van der Waals surface area (Å²) in [4.78, 5) is 24.5. The second kappa shape index (κ2) is 13.1. The molecule has 0 unspecified atom stereocenters. The number of benzene rings is 3. The molecule has 0 saturated heterocycles. The van der Waals surface area contributed by atoms with Gasteiger partial charge in [0.2, 0.25) is 10.0 Å². The van der Waals surface area contributed by atoms with Crippen LogP contribution in [0.1, 0.15) is 5.56 Å². The van der Waals surface area contributed by atoms with Crippen LogP contribution in [-0.2, 0) is 19.6 Å². The molecule has 3 aromatic rings. The number of hydrazone groups is 1. The molecule has 0 heterocycles. The molecule has 0 aliphatic rings. The maximum absolute atomic E-state index is 12.3. The number of para-hydroxylation sites is 2. The van der Waals surface area contributed by atoms with Crippen molar-refractivity contribution in [1.29, 1.82) is 0 Å². The summed E-state index contributed by atoms with van der Waals surface area (Å²) >= 11 is 0. The van der Waals surface area contributed by atoms with Crippen molar-refractivity contribution >= 4 is 39.4 Å². The average Bonchev–Trinajstić information content (AvgIpc) is 2.91. The Bertz CT molecular complexity index is 1380. The Hall–Kier alpha value is -4.58. The smallest absolute Gasteiger partial charge is 0.262 e. The van der Waals surface area contributed by atoms with Crippen LogP contribution in [0.4, 0.5) is 11.4 Å². The number of amides is 2. The molecule has 2 amide bonds. The monoisotopic (exact) mass is 540 g/mol. The number of rotatable bonds is 12. The number of ether oxygens (including phenoxy) is 3. The van der Waals surface area contributed by atoms with Crippen LogP contribution < -0.4 is 29.3 Å². The molecule has 12 heteroatoms. The summed E-state index contributed by atoms with van der Waals surface area (Å²) in [5, 5.41) is 6.60. The maximum atomic E-state index is 12.3. The average molecular weight is 541 g/mol. The number of sulfonamides is 1. The lowest BCUT2D eigenvalue weighted by Crippen LogP contribution is -2.39. The van der Waals surface area contributed by atoms with E-state index in [0.717, 1.165) is 10.6 Å². The summed E-state index contributed by atoms with van der Waals surface area (Å²) in [6.07, 6.45) is 2.41. The van der Waals surface area contributed by atoms with Crippen LogP contribution in [0.3, 0.4) is 0 Å². The van der Waals surface area contributed by atoms with E-state index in [1.165, 1.54) is 20.4 Å². The van der Waals surface area contributed by atoms with E-state index in [9.17, 15) is 18.0 Å². The van der Waals surface area contributed by atoms with E-state index in [0.29, 0.717) is 34.2 Å². The van der Waals surface area contributed by atoms with Crippen LogP contribution in [0.15, 0.2) is 77.9 Å². The minimum Gasteiger partial charge on any atom is -0.497 e. The van der Waals surface area contributed by atoms with Crippen molar-refractivity contribution < 1.29 is 32.2 Å². The number of hydrogen-bond acceptors (Lipinski definition) is 8. The molecule has 38 heavy (non-hydrogen) atoms. The van der Waals surface area contributed by atoms with Gasteiger partial charge in [-0.05, 0) is 66.2 Å². The largest absolute Gasteiger partial charge is 0.497 e. The number of carbonyl (C=O) groups excluding carboxylic acids is 2. The lowest BCUT2D eigenvalue weighted by molar-refractivity contribution is -0.119. The van der Waals surface area contributed by atoms with Crippen molar-refractivity contribution in [3.63, 3.8) is 0 Å². The van der Waals surface area contributed by atoms with Gasteiger partial charge >= 0.3 is 0 Å². The first-order chi connectivity index (χ1) is 18.2. The summed E-state index contributed by atoms with van der Waals surface area (Å²) < 4.78 is 41.1. The zero-order valence-corrected chi connectivity index (χ0v) is 21.9. The fourth-order valence-corrected chi connectivity index (χ4v) is 4.08. The van der Waals surface area contributed by atoms with Gasteiger partial charge in [-0.15, -0.1) is 0 Å². The summed E-state index contributed by atoms with van der Waals surface area (Å²) in [6.45, 7) is -0.654. The Morgan fingerprint density at radius 3 is 2.18 bits per heavy atom. The third-order valence-corrected chi connectivity index (χ3v) is 6.22. The minimum atomic E-state index is -3.72. The third-order valence-electron chi connectivity index (χ3n) is 5.08. The van der Waals surface area contributed by atoms with Gasteiger partial charge in [0, 0.05) is 0 Å². The first-order valence-electron chi connectivity index (χ1n) is 11.3. The zero-order chi connectivity index (χ0) is 27.5. The van der Waals surface area contributed by atoms with Crippen LogP contribution in [0.2, 0.25) is 0 Å². The Morgan fingerprint density at radius 1 is 0.895 bits per heavy atom. The molecule has 0 saturated carbocycles. The molecule has 0 fully saturated rings. The molecule has 200 valence electrons. The van der Waals surface area contributed by atoms with Crippen LogP contribution >= 0.6 is 0 Å². The number of hydrogen-bond donors (Lipinski definition) is 2. The van der Waals surface area contributed by atoms with Crippen LogP contribution in [0.25, 0.3) is 0 Å². The number of methoxy groups -OCH3 is 2. The van der Waals surface area contributed by atoms with E-state index in [1.807, 2.05) is 0 Å². The van der Waals surface area contributed by atoms with E-state index >= 15 is 0 Å². The SMILES string of the molecule is COc1ccc(N(CC(=O)N/N=C\c2ccc(OCC(=O)Nc3ccccc3OC)cc2)S(C)(=O)=O)cc1. The minimum absolute atomic E-state index is 0.202. The molecule has 0 aliphatic carbocycles. The van der Waals surface area contributed by atoms with Crippen LogP contribution in [0.5, 0.6) is 17.2 Å². The second-order valence-corrected chi connectivity index (χ2v) is 9.77. The summed E-state index contributed by atoms with van der Waals surface area (Å²) in [5.74, 6) is 0.596. The van der Waals surface area contributed by atoms with Gasteiger partial charge in [-0.2, -0.15) is 5.10 Å².